The number of halogens is 1. The molecule has 1 aliphatic rings. The van der Waals surface area contributed by atoms with Crippen LogP contribution in [-0.2, 0) is 0 Å². The fourth-order valence-corrected chi connectivity index (χ4v) is 3.61. The van der Waals surface area contributed by atoms with Crippen molar-refractivity contribution in [3.05, 3.63) is 70.7 Å². The van der Waals surface area contributed by atoms with Crippen molar-refractivity contribution in [2.24, 2.45) is 0 Å². The molecule has 2 aromatic heterocycles. The molecule has 0 saturated carbocycles. The van der Waals surface area contributed by atoms with Crippen molar-refractivity contribution in [3.8, 4) is 11.6 Å². The molecular formula is C21H20BrN5O2. The van der Waals surface area contributed by atoms with Gasteiger partial charge in [-0.25, -0.2) is 9.97 Å². The quantitative estimate of drug-likeness (QED) is 0.599. The number of anilines is 1. The number of amides is 1. The zero-order valence-electron chi connectivity index (χ0n) is 16.0. The number of aryl methyl sites for hydroxylation is 1. The summed E-state index contributed by atoms with van der Waals surface area (Å²) in [5, 5.41) is 0. The van der Waals surface area contributed by atoms with E-state index in [9.17, 15) is 4.79 Å². The molecule has 0 unspecified atom stereocenters. The minimum absolute atomic E-state index is 0.0259. The van der Waals surface area contributed by atoms with Gasteiger partial charge in [0.15, 0.2) is 0 Å². The molecule has 7 nitrogen and oxygen atoms in total. The average Bonchev–Trinajstić information content (AvgIpc) is 2.74. The molecule has 148 valence electrons. The van der Waals surface area contributed by atoms with Crippen LogP contribution in [0.15, 0.2) is 59.5 Å². The molecule has 1 aromatic carbocycles. The van der Waals surface area contributed by atoms with Gasteiger partial charge < -0.3 is 14.5 Å². The predicted octanol–water partition coefficient (Wildman–Crippen LogP) is 3.70. The Morgan fingerprint density at radius 1 is 1.03 bits per heavy atom. The van der Waals surface area contributed by atoms with Gasteiger partial charge in [0.05, 0.1) is 11.3 Å². The summed E-state index contributed by atoms with van der Waals surface area (Å²) in [4.78, 5) is 29.8. The topological polar surface area (TPSA) is 71.5 Å². The predicted molar refractivity (Wildman–Crippen MR) is 113 cm³/mol. The maximum atomic E-state index is 12.8. The third kappa shape index (κ3) is 4.54. The van der Waals surface area contributed by atoms with E-state index in [1.807, 2.05) is 36.1 Å². The van der Waals surface area contributed by atoms with E-state index in [-0.39, 0.29) is 5.91 Å². The van der Waals surface area contributed by atoms with Crippen LogP contribution in [0.25, 0.3) is 0 Å². The standard InChI is InChI=1S/C21H20BrN5O2/c1-15-20(24-8-7-23-15)26-9-11-27(12-10-26)21(28)16-5-6-19(25-14-16)29-18-4-2-3-17(22)13-18/h2-8,13-14H,9-12H2,1H3. The van der Waals surface area contributed by atoms with Crippen molar-refractivity contribution in [3.63, 3.8) is 0 Å². The number of aromatic nitrogens is 3. The molecule has 29 heavy (non-hydrogen) atoms. The summed E-state index contributed by atoms with van der Waals surface area (Å²) in [6.07, 6.45) is 4.95. The molecule has 4 rings (SSSR count). The van der Waals surface area contributed by atoms with E-state index in [0.29, 0.717) is 30.3 Å². The number of carbonyl (C=O) groups excluding carboxylic acids is 1. The van der Waals surface area contributed by atoms with Crippen molar-refractivity contribution in [2.45, 2.75) is 6.92 Å². The maximum Gasteiger partial charge on any atom is 0.255 e. The molecule has 0 N–H and O–H groups in total. The van der Waals surface area contributed by atoms with Gasteiger partial charge in [0.25, 0.3) is 5.91 Å². The van der Waals surface area contributed by atoms with E-state index in [2.05, 4.69) is 35.8 Å². The van der Waals surface area contributed by atoms with Crippen LogP contribution in [0.5, 0.6) is 11.6 Å². The lowest BCUT2D eigenvalue weighted by molar-refractivity contribution is 0.0746. The summed E-state index contributed by atoms with van der Waals surface area (Å²) in [5.41, 5.74) is 1.45. The number of rotatable bonds is 4. The normalized spacial score (nSPS) is 14.0. The molecule has 1 saturated heterocycles. The smallest absolute Gasteiger partial charge is 0.255 e. The summed E-state index contributed by atoms with van der Waals surface area (Å²) >= 11 is 3.41. The third-order valence-electron chi connectivity index (χ3n) is 4.72. The molecule has 0 spiro atoms. The maximum absolute atomic E-state index is 12.8. The van der Waals surface area contributed by atoms with Crippen LogP contribution in [0.1, 0.15) is 16.1 Å². The molecule has 1 aliphatic heterocycles. The van der Waals surface area contributed by atoms with Gasteiger partial charge in [-0.2, -0.15) is 0 Å². The van der Waals surface area contributed by atoms with E-state index in [4.69, 9.17) is 4.74 Å². The lowest BCUT2D eigenvalue weighted by atomic mass is 10.2. The van der Waals surface area contributed by atoms with Gasteiger partial charge in [0.1, 0.15) is 11.6 Å². The number of pyridine rings is 1. The molecule has 0 radical (unpaired) electrons. The van der Waals surface area contributed by atoms with Gasteiger partial charge in [-0.3, -0.25) is 9.78 Å². The van der Waals surface area contributed by atoms with Gasteiger partial charge in [0, 0.05) is 55.3 Å². The van der Waals surface area contributed by atoms with Crippen LogP contribution in [0.4, 0.5) is 5.82 Å². The lowest BCUT2D eigenvalue weighted by Crippen LogP contribution is -2.49. The summed E-state index contributed by atoms with van der Waals surface area (Å²) < 4.78 is 6.66. The Hall–Kier alpha value is -3.00. The van der Waals surface area contributed by atoms with Gasteiger partial charge in [-0.1, -0.05) is 22.0 Å². The number of hydrogen-bond acceptors (Lipinski definition) is 6. The Labute approximate surface area is 177 Å². The van der Waals surface area contributed by atoms with Crippen molar-refractivity contribution in [1.82, 2.24) is 19.9 Å². The van der Waals surface area contributed by atoms with Gasteiger partial charge in [-0.15, -0.1) is 0 Å². The van der Waals surface area contributed by atoms with Crippen LogP contribution >= 0.6 is 15.9 Å². The molecule has 0 aliphatic carbocycles. The van der Waals surface area contributed by atoms with Crippen molar-refractivity contribution in [1.29, 1.82) is 0 Å². The summed E-state index contributed by atoms with van der Waals surface area (Å²) in [7, 11) is 0. The van der Waals surface area contributed by atoms with Crippen LogP contribution in [0.3, 0.4) is 0 Å². The summed E-state index contributed by atoms with van der Waals surface area (Å²) in [5.74, 6) is 1.99. The molecular weight excluding hydrogens is 434 g/mol. The van der Waals surface area contributed by atoms with Crippen LogP contribution < -0.4 is 9.64 Å². The first-order valence-electron chi connectivity index (χ1n) is 9.31. The van der Waals surface area contributed by atoms with E-state index in [1.165, 1.54) is 0 Å². The summed E-state index contributed by atoms with van der Waals surface area (Å²) in [6, 6.07) is 11.0. The first kappa shape index (κ1) is 19.3. The number of ether oxygens (including phenoxy) is 1. The highest BCUT2D eigenvalue weighted by molar-refractivity contribution is 9.10. The second kappa shape index (κ2) is 8.57. The Morgan fingerprint density at radius 2 is 1.83 bits per heavy atom. The van der Waals surface area contributed by atoms with E-state index in [1.54, 1.807) is 30.7 Å². The minimum atomic E-state index is -0.0259. The highest BCUT2D eigenvalue weighted by atomic mass is 79.9. The van der Waals surface area contributed by atoms with E-state index >= 15 is 0 Å². The first-order chi connectivity index (χ1) is 14.1. The third-order valence-corrected chi connectivity index (χ3v) is 5.22. The number of carbonyl (C=O) groups is 1. The fourth-order valence-electron chi connectivity index (χ4n) is 3.23. The Morgan fingerprint density at radius 3 is 2.52 bits per heavy atom. The number of hydrogen-bond donors (Lipinski definition) is 0. The molecule has 1 amide bonds. The van der Waals surface area contributed by atoms with Crippen LogP contribution in [0, 0.1) is 6.92 Å². The molecule has 8 heteroatoms. The zero-order valence-corrected chi connectivity index (χ0v) is 17.5. The molecule has 3 heterocycles. The van der Waals surface area contributed by atoms with E-state index in [0.717, 1.165) is 29.1 Å². The van der Waals surface area contributed by atoms with E-state index < -0.39 is 0 Å². The van der Waals surface area contributed by atoms with Gasteiger partial charge in [0.2, 0.25) is 5.88 Å². The average molecular weight is 454 g/mol. The van der Waals surface area contributed by atoms with Gasteiger partial charge in [-0.05, 0) is 31.2 Å². The minimum Gasteiger partial charge on any atom is -0.439 e. The number of nitrogens with zero attached hydrogens (tertiary/aromatic N) is 5. The molecule has 0 bridgehead atoms. The lowest BCUT2D eigenvalue weighted by Gasteiger charge is -2.35. The molecule has 1 fully saturated rings. The fraction of sp³-hybridized carbons (Fsp3) is 0.238. The zero-order chi connectivity index (χ0) is 20.2. The number of piperazine rings is 1. The Kier molecular flexibility index (Phi) is 5.71. The Balaban J connectivity index is 1.37. The number of benzene rings is 1. The second-order valence-corrected chi connectivity index (χ2v) is 7.60. The first-order valence-corrected chi connectivity index (χ1v) is 10.1. The summed E-state index contributed by atoms with van der Waals surface area (Å²) in [6.45, 7) is 4.66. The Bertz CT molecular complexity index is 1000. The van der Waals surface area contributed by atoms with Crippen LogP contribution in [0.2, 0.25) is 0 Å². The largest absolute Gasteiger partial charge is 0.439 e. The van der Waals surface area contributed by atoms with Crippen molar-refractivity contribution >= 4 is 27.7 Å². The molecule has 0 atom stereocenters. The van der Waals surface area contributed by atoms with Crippen molar-refractivity contribution in [2.75, 3.05) is 31.1 Å². The van der Waals surface area contributed by atoms with Crippen molar-refractivity contribution < 1.29 is 9.53 Å². The SMILES string of the molecule is Cc1nccnc1N1CCN(C(=O)c2ccc(Oc3cccc(Br)c3)nc2)CC1. The molecule has 3 aromatic rings. The highest BCUT2D eigenvalue weighted by Crippen LogP contribution is 2.23. The van der Waals surface area contributed by atoms with Gasteiger partial charge >= 0.3 is 0 Å². The second-order valence-electron chi connectivity index (χ2n) is 6.69. The monoisotopic (exact) mass is 453 g/mol. The van der Waals surface area contributed by atoms with Crippen LogP contribution in [-0.4, -0.2) is 51.9 Å². The highest BCUT2D eigenvalue weighted by Gasteiger charge is 2.24.